The Morgan fingerprint density at radius 1 is 1.16 bits per heavy atom. The summed E-state index contributed by atoms with van der Waals surface area (Å²) in [6, 6.07) is 14.2. The van der Waals surface area contributed by atoms with E-state index >= 15 is 0 Å². The minimum atomic E-state index is -0.632. The monoisotopic (exact) mass is 342 g/mol. The van der Waals surface area contributed by atoms with Gasteiger partial charge in [0.05, 0.1) is 19.1 Å². The molecule has 0 aliphatic heterocycles. The zero-order chi connectivity index (χ0) is 17.6. The molecule has 1 heterocycles. The zero-order valence-electron chi connectivity index (χ0n) is 13.9. The van der Waals surface area contributed by atoms with Crippen molar-refractivity contribution in [3.63, 3.8) is 0 Å². The lowest BCUT2D eigenvalue weighted by atomic mass is 10.1. The predicted molar refractivity (Wildman–Crippen MR) is 90.7 cm³/mol. The van der Waals surface area contributed by atoms with Gasteiger partial charge in [-0.2, -0.15) is 4.98 Å². The van der Waals surface area contributed by atoms with Crippen molar-refractivity contribution in [2.24, 2.45) is 0 Å². The predicted octanol–water partition coefficient (Wildman–Crippen LogP) is 3.42. The SMILES string of the molecule is CCOc1ccc(-c2noc(CC(O)Cc3ccccc3)n2)cc1F. The molecule has 0 aliphatic rings. The van der Waals surface area contributed by atoms with Crippen LogP contribution in [0.2, 0.25) is 0 Å². The molecule has 0 saturated carbocycles. The Hall–Kier alpha value is -2.73. The molecule has 0 bridgehead atoms. The van der Waals surface area contributed by atoms with Gasteiger partial charge in [0.25, 0.3) is 0 Å². The number of aliphatic hydroxyl groups excluding tert-OH is 1. The molecule has 5 nitrogen and oxygen atoms in total. The molecule has 0 radical (unpaired) electrons. The molecule has 0 fully saturated rings. The van der Waals surface area contributed by atoms with Gasteiger partial charge in [-0.25, -0.2) is 4.39 Å². The molecule has 0 spiro atoms. The van der Waals surface area contributed by atoms with E-state index in [0.29, 0.717) is 24.5 Å². The lowest BCUT2D eigenvalue weighted by Gasteiger charge is -2.07. The van der Waals surface area contributed by atoms with E-state index in [1.807, 2.05) is 30.3 Å². The van der Waals surface area contributed by atoms with Crippen molar-refractivity contribution in [3.05, 3.63) is 65.8 Å². The van der Waals surface area contributed by atoms with Crippen molar-refractivity contribution in [1.82, 2.24) is 10.1 Å². The van der Waals surface area contributed by atoms with Gasteiger partial charge in [-0.05, 0) is 37.1 Å². The molecule has 1 N–H and O–H groups in total. The number of rotatable bonds is 7. The van der Waals surface area contributed by atoms with E-state index in [4.69, 9.17) is 9.26 Å². The molecule has 0 saturated heterocycles. The van der Waals surface area contributed by atoms with Crippen LogP contribution in [0.25, 0.3) is 11.4 Å². The standard InChI is InChI=1S/C19H19FN2O3/c1-2-24-17-9-8-14(11-16(17)20)19-21-18(25-22-19)12-15(23)10-13-6-4-3-5-7-13/h3-9,11,15,23H,2,10,12H2,1H3. The summed E-state index contributed by atoms with van der Waals surface area (Å²) in [6.45, 7) is 2.18. The minimum absolute atomic E-state index is 0.188. The van der Waals surface area contributed by atoms with Gasteiger partial charge in [0.15, 0.2) is 11.6 Å². The van der Waals surface area contributed by atoms with E-state index in [2.05, 4.69) is 10.1 Å². The Morgan fingerprint density at radius 2 is 1.96 bits per heavy atom. The van der Waals surface area contributed by atoms with Crippen molar-refractivity contribution in [2.45, 2.75) is 25.9 Å². The Bertz CT molecular complexity index is 821. The third-order valence-corrected chi connectivity index (χ3v) is 3.68. The minimum Gasteiger partial charge on any atom is -0.491 e. The van der Waals surface area contributed by atoms with Crippen LogP contribution in [0.3, 0.4) is 0 Å². The van der Waals surface area contributed by atoms with Gasteiger partial charge in [-0.3, -0.25) is 0 Å². The molecule has 1 aromatic heterocycles. The highest BCUT2D eigenvalue weighted by Gasteiger charge is 2.15. The molecule has 2 aromatic carbocycles. The van der Waals surface area contributed by atoms with Crippen LogP contribution in [0.4, 0.5) is 4.39 Å². The maximum atomic E-state index is 13.9. The van der Waals surface area contributed by atoms with Crippen molar-refractivity contribution < 1.29 is 18.8 Å². The van der Waals surface area contributed by atoms with Gasteiger partial charge < -0.3 is 14.4 Å². The average Bonchev–Trinajstić information content (AvgIpc) is 3.06. The fourth-order valence-corrected chi connectivity index (χ4v) is 2.53. The van der Waals surface area contributed by atoms with E-state index in [0.717, 1.165) is 5.56 Å². The number of aromatic nitrogens is 2. The molecule has 3 rings (SSSR count). The van der Waals surface area contributed by atoms with Gasteiger partial charge >= 0.3 is 0 Å². The molecule has 1 atom stereocenters. The third kappa shape index (κ3) is 4.42. The van der Waals surface area contributed by atoms with E-state index in [1.165, 1.54) is 12.1 Å². The maximum Gasteiger partial charge on any atom is 0.229 e. The van der Waals surface area contributed by atoms with Gasteiger partial charge in [0, 0.05) is 5.56 Å². The summed E-state index contributed by atoms with van der Waals surface area (Å²) in [6.07, 6.45) is 0.102. The molecule has 6 heteroatoms. The fraction of sp³-hybridized carbons (Fsp3) is 0.263. The third-order valence-electron chi connectivity index (χ3n) is 3.68. The second-order valence-electron chi connectivity index (χ2n) is 5.64. The van der Waals surface area contributed by atoms with Crippen molar-refractivity contribution in [3.8, 4) is 17.1 Å². The summed E-state index contributed by atoms with van der Waals surface area (Å²) in [5.41, 5.74) is 1.52. The van der Waals surface area contributed by atoms with Crippen molar-refractivity contribution in [2.75, 3.05) is 6.61 Å². The van der Waals surface area contributed by atoms with Gasteiger partial charge in [0.2, 0.25) is 11.7 Å². The summed E-state index contributed by atoms with van der Waals surface area (Å²) in [7, 11) is 0. The van der Waals surface area contributed by atoms with E-state index in [9.17, 15) is 9.50 Å². The molecule has 0 aliphatic carbocycles. The second kappa shape index (κ2) is 7.90. The van der Waals surface area contributed by atoms with E-state index < -0.39 is 11.9 Å². The number of hydrogen-bond acceptors (Lipinski definition) is 5. The number of aliphatic hydroxyl groups is 1. The number of benzene rings is 2. The van der Waals surface area contributed by atoms with Gasteiger partial charge in [-0.1, -0.05) is 35.5 Å². The van der Waals surface area contributed by atoms with Gasteiger partial charge in [-0.15, -0.1) is 0 Å². The smallest absolute Gasteiger partial charge is 0.229 e. The van der Waals surface area contributed by atoms with Gasteiger partial charge in [0.1, 0.15) is 0 Å². The Balaban J connectivity index is 1.67. The summed E-state index contributed by atoms with van der Waals surface area (Å²) in [5, 5.41) is 14.0. The normalized spacial score (nSPS) is 12.1. The summed E-state index contributed by atoms with van der Waals surface area (Å²) in [4.78, 5) is 4.23. The highest BCUT2D eigenvalue weighted by molar-refractivity contribution is 5.56. The maximum absolute atomic E-state index is 13.9. The highest BCUT2D eigenvalue weighted by atomic mass is 19.1. The molecule has 1 unspecified atom stereocenters. The van der Waals surface area contributed by atoms with Crippen molar-refractivity contribution in [1.29, 1.82) is 0 Å². The lowest BCUT2D eigenvalue weighted by molar-refractivity contribution is 0.162. The lowest BCUT2D eigenvalue weighted by Crippen LogP contribution is -2.14. The summed E-state index contributed by atoms with van der Waals surface area (Å²) in [5.74, 6) is 0.305. The highest BCUT2D eigenvalue weighted by Crippen LogP contribution is 2.24. The van der Waals surface area contributed by atoms with Crippen LogP contribution in [0.1, 0.15) is 18.4 Å². The molecular weight excluding hydrogens is 323 g/mol. The van der Waals surface area contributed by atoms with Crippen LogP contribution in [0, 0.1) is 5.82 Å². The van der Waals surface area contributed by atoms with Crippen LogP contribution in [-0.4, -0.2) is 28.0 Å². The van der Waals surface area contributed by atoms with E-state index in [-0.39, 0.29) is 18.0 Å². The molecule has 3 aromatic rings. The van der Waals surface area contributed by atoms with Crippen LogP contribution in [-0.2, 0) is 12.8 Å². The number of nitrogens with zero attached hydrogens (tertiary/aromatic N) is 2. The molecule has 0 amide bonds. The van der Waals surface area contributed by atoms with Crippen LogP contribution >= 0.6 is 0 Å². The number of halogens is 1. The first-order valence-corrected chi connectivity index (χ1v) is 8.13. The first-order chi connectivity index (χ1) is 12.2. The topological polar surface area (TPSA) is 68.4 Å². The number of hydrogen-bond donors (Lipinski definition) is 1. The quantitative estimate of drug-likeness (QED) is 0.712. The second-order valence-corrected chi connectivity index (χ2v) is 5.64. The first-order valence-electron chi connectivity index (χ1n) is 8.13. The zero-order valence-corrected chi connectivity index (χ0v) is 13.9. The Kier molecular flexibility index (Phi) is 5.40. The van der Waals surface area contributed by atoms with Crippen molar-refractivity contribution >= 4 is 0 Å². The van der Waals surface area contributed by atoms with Crippen LogP contribution < -0.4 is 4.74 Å². The van der Waals surface area contributed by atoms with Crippen LogP contribution in [0.5, 0.6) is 5.75 Å². The Labute approximate surface area is 145 Å². The summed E-state index contributed by atoms with van der Waals surface area (Å²) < 4.78 is 24.3. The average molecular weight is 342 g/mol. The first kappa shape index (κ1) is 17.1. The fourth-order valence-electron chi connectivity index (χ4n) is 2.53. The molecule has 25 heavy (non-hydrogen) atoms. The van der Waals surface area contributed by atoms with Crippen LogP contribution in [0.15, 0.2) is 53.1 Å². The molecule has 130 valence electrons. The Morgan fingerprint density at radius 3 is 2.68 bits per heavy atom. The largest absolute Gasteiger partial charge is 0.491 e. The van der Waals surface area contributed by atoms with E-state index in [1.54, 1.807) is 13.0 Å². The number of ether oxygens (including phenoxy) is 1. The molecular formula is C19H19FN2O3. The summed E-state index contributed by atoms with van der Waals surface area (Å²) >= 11 is 0.